The van der Waals surface area contributed by atoms with Crippen LogP contribution < -0.4 is 5.84 Å². The SMILES string of the molecule is CC(CO)CN1CCCN(N)C1=O. The molecule has 1 unspecified atom stereocenters. The number of urea groups is 1. The van der Waals surface area contributed by atoms with Crippen molar-refractivity contribution in [3.63, 3.8) is 0 Å². The van der Waals surface area contributed by atoms with Crippen LogP contribution in [-0.2, 0) is 0 Å². The van der Waals surface area contributed by atoms with Crippen molar-refractivity contribution in [2.75, 3.05) is 26.2 Å². The van der Waals surface area contributed by atoms with E-state index in [1.807, 2.05) is 6.92 Å². The number of hydrogen-bond acceptors (Lipinski definition) is 3. The minimum Gasteiger partial charge on any atom is -0.396 e. The fraction of sp³-hybridized carbons (Fsp3) is 0.875. The van der Waals surface area contributed by atoms with Crippen molar-refractivity contribution in [2.45, 2.75) is 13.3 Å². The number of carbonyl (C=O) groups is 1. The lowest BCUT2D eigenvalue weighted by Gasteiger charge is -2.33. The first-order valence-electron chi connectivity index (χ1n) is 4.57. The highest BCUT2D eigenvalue weighted by Gasteiger charge is 2.23. The Labute approximate surface area is 78.1 Å². The van der Waals surface area contributed by atoms with Gasteiger partial charge in [0.1, 0.15) is 0 Å². The molecule has 1 fully saturated rings. The summed E-state index contributed by atoms with van der Waals surface area (Å²) in [5.74, 6) is 5.59. The van der Waals surface area contributed by atoms with Gasteiger partial charge in [-0.3, -0.25) is 5.01 Å². The first-order chi connectivity index (χ1) is 6.15. The smallest absolute Gasteiger partial charge is 0.334 e. The fourth-order valence-electron chi connectivity index (χ4n) is 1.41. The lowest BCUT2D eigenvalue weighted by atomic mass is 10.1. The van der Waals surface area contributed by atoms with Crippen LogP contribution in [0.1, 0.15) is 13.3 Å². The van der Waals surface area contributed by atoms with Gasteiger partial charge in [0.2, 0.25) is 0 Å². The molecule has 1 saturated heterocycles. The fourth-order valence-corrected chi connectivity index (χ4v) is 1.41. The van der Waals surface area contributed by atoms with Crippen molar-refractivity contribution in [3.05, 3.63) is 0 Å². The van der Waals surface area contributed by atoms with Crippen LogP contribution in [0.25, 0.3) is 0 Å². The molecule has 0 aromatic heterocycles. The minimum absolute atomic E-state index is 0.106. The van der Waals surface area contributed by atoms with E-state index in [0.29, 0.717) is 13.1 Å². The molecule has 1 heterocycles. The molecule has 0 aliphatic carbocycles. The number of aliphatic hydroxyl groups excluding tert-OH is 1. The average molecular weight is 187 g/mol. The normalized spacial score (nSPS) is 20.7. The molecule has 1 rings (SSSR count). The van der Waals surface area contributed by atoms with Gasteiger partial charge in [-0.25, -0.2) is 10.6 Å². The van der Waals surface area contributed by atoms with Crippen molar-refractivity contribution in [1.82, 2.24) is 9.91 Å². The third-order valence-corrected chi connectivity index (χ3v) is 2.19. The Kier molecular flexibility index (Phi) is 3.50. The molecule has 0 bridgehead atoms. The van der Waals surface area contributed by atoms with Gasteiger partial charge < -0.3 is 10.0 Å². The van der Waals surface area contributed by atoms with Gasteiger partial charge in [0.05, 0.1) is 0 Å². The van der Waals surface area contributed by atoms with E-state index < -0.39 is 0 Å². The maximum absolute atomic E-state index is 11.4. The van der Waals surface area contributed by atoms with Crippen molar-refractivity contribution in [1.29, 1.82) is 0 Å². The van der Waals surface area contributed by atoms with Crippen molar-refractivity contribution in [2.24, 2.45) is 11.8 Å². The van der Waals surface area contributed by atoms with Gasteiger partial charge in [0, 0.05) is 26.2 Å². The highest BCUT2D eigenvalue weighted by Crippen LogP contribution is 2.08. The van der Waals surface area contributed by atoms with Crippen LogP contribution in [0.15, 0.2) is 0 Å². The molecule has 0 saturated carbocycles. The summed E-state index contributed by atoms with van der Waals surface area (Å²) in [6.07, 6.45) is 0.903. The molecule has 0 aromatic rings. The first-order valence-corrected chi connectivity index (χ1v) is 4.57. The van der Waals surface area contributed by atoms with Gasteiger partial charge in [-0.2, -0.15) is 0 Å². The molecule has 5 heteroatoms. The van der Waals surface area contributed by atoms with E-state index in [9.17, 15) is 4.79 Å². The summed E-state index contributed by atoms with van der Waals surface area (Å²) in [5.41, 5.74) is 0. The molecule has 1 atom stereocenters. The van der Waals surface area contributed by atoms with E-state index >= 15 is 0 Å². The van der Waals surface area contributed by atoms with Crippen LogP contribution in [0.5, 0.6) is 0 Å². The predicted molar refractivity (Wildman–Crippen MR) is 48.7 cm³/mol. The molecule has 76 valence electrons. The highest BCUT2D eigenvalue weighted by atomic mass is 16.3. The summed E-state index contributed by atoms with van der Waals surface area (Å²) in [7, 11) is 0. The molecule has 0 spiro atoms. The zero-order chi connectivity index (χ0) is 9.84. The number of aliphatic hydroxyl groups is 1. The van der Waals surface area contributed by atoms with Crippen molar-refractivity contribution in [3.8, 4) is 0 Å². The van der Waals surface area contributed by atoms with Gasteiger partial charge >= 0.3 is 6.03 Å². The third-order valence-electron chi connectivity index (χ3n) is 2.19. The summed E-state index contributed by atoms with van der Waals surface area (Å²) < 4.78 is 0. The average Bonchev–Trinajstić information content (AvgIpc) is 2.13. The Balaban J connectivity index is 2.44. The molecule has 2 amide bonds. The second kappa shape index (κ2) is 4.43. The Morgan fingerprint density at radius 2 is 2.31 bits per heavy atom. The van der Waals surface area contributed by atoms with Crippen LogP contribution >= 0.6 is 0 Å². The number of amides is 2. The first kappa shape index (κ1) is 10.3. The largest absolute Gasteiger partial charge is 0.396 e. The van der Waals surface area contributed by atoms with E-state index in [4.69, 9.17) is 10.9 Å². The maximum atomic E-state index is 11.4. The monoisotopic (exact) mass is 187 g/mol. The Hall–Kier alpha value is -0.810. The highest BCUT2D eigenvalue weighted by molar-refractivity contribution is 5.74. The zero-order valence-corrected chi connectivity index (χ0v) is 7.94. The Bertz CT molecular complexity index is 186. The number of rotatable bonds is 3. The summed E-state index contributed by atoms with van der Waals surface area (Å²) in [5, 5.41) is 10.1. The van der Waals surface area contributed by atoms with Crippen LogP contribution in [0.3, 0.4) is 0 Å². The molecule has 1 aliphatic heterocycles. The van der Waals surface area contributed by atoms with E-state index in [1.165, 1.54) is 5.01 Å². The zero-order valence-electron chi connectivity index (χ0n) is 7.94. The van der Waals surface area contributed by atoms with Gasteiger partial charge in [-0.1, -0.05) is 6.92 Å². The number of nitrogens with zero attached hydrogens (tertiary/aromatic N) is 2. The second-order valence-corrected chi connectivity index (χ2v) is 3.56. The molecule has 0 radical (unpaired) electrons. The molecule has 0 aromatic carbocycles. The predicted octanol–water partition coefficient (Wildman–Crippen LogP) is -0.384. The molecule has 13 heavy (non-hydrogen) atoms. The number of nitrogens with two attached hydrogens (primary N) is 1. The van der Waals surface area contributed by atoms with Crippen LogP contribution in [-0.4, -0.2) is 47.3 Å². The minimum atomic E-state index is -0.133. The van der Waals surface area contributed by atoms with Crippen LogP contribution in [0.4, 0.5) is 4.79 Å². The summed E-state index contributed by atoms with van der Waals surface area (Å²) >= 11 is 0. The van der Waals surface area contributed by atoms with Gasteiger partial charge in [0.15, 0.2) is 0 Å². The molecule has 3 N–H and O–H groups in total. The van der Waals surface area contributed by atoms with E-state index in [0.717, 1.165) is 13.0 Å². The maximum Gasteiger partial charge on any atom is 0.334 e. The van der Waals surface area contributed by atoms with Crippen molar-refractivity contribution >= 4 is 6.03 Å². The van der Waals surface area contributed by atoms with Gasteiger partial charge in [-0.15, -0.1) is 0 Å². The van der Waals surface area contributed by atoms with Gasteiger partial charge in [-0.05, 0) is 12.3 Å². The quantitative estimate of drug-likeness (QED) is 0.467. The molecule has 1 aliphatic rings. The molecule has 5 nitrogen and oxygen atoms in total. The summed E-state index contributed by atoms with van der Waals surface area (Å²) in [6.45, 7) is 3.97. The van der Waals surface area contributed by atoms with Crippen molar-refractivity contribution < 1.29 is 9.90 Å². The molecular formula is C8H17N3O2. The Morgan fingerprint density at radius 1 is 1.62 bits per heavy atom. The lowest BCUT2D eigenvalue weighted by Crippen LogP contribution is -2.53. The lowest BCUT2D eigenvalue weighted by molar-refractivity contribution is 0.113. The van der Waals surface area contributed by atoms with E-state index in [-0.39, 0.29) is 18.6 Å². The van der Waals surface area contributed by atoms with E-state index in [2.05, 4.69) is 0 Å². The summed E-state index contributed by atoms with van der Waals surface area (Å²) in [4.78, 5) is 13.1. The number of hydrogen-bond donors (Lipinski definition) is 2. The number of carbonyl (C=O) groups excluding carboxylic acids is 1. The van der Waals surface area contributed by atoms with Gasteiger partial charge in [0.25, 0.3) is 0 Å². The summed E-state index contributed by atoms with van der Waals surface area (Å²) in [6, 6.07) is -0.133. The standard InChI is InChI=1S/C8H17N3O2/c1-7(6-12)5-10-3-2-4-11(9)8(10)13/h7,12H,2-6,9H2,1H3. The number of hydrazine groups is 1. The van der Waals surface area contributed by atoms with E-state index in [1.54, 1.807) is 4.90 Å². The van der Waals surface area contributed by atoms with Crippen LogP contribution in [0.2, 0.25) is 0 Å². The second-order valence-electron chi connectivity index (χ2n) is 3.56. The topological polar surface area (TPSA) is 69.8 Å². The Morgan fingerprint density at radius 3 is 2.92 bits per heavy atom. The third kappa shape index (κ3) is 2.57. The molecular weight excluding hydrogens is 170 g/mol. The van der Waals surface area contributed by atoms with Crippen LogP contribution in [0, 0.1) is 5.92 Å².